The van der Waals surface area contributed by atoms with E-state index in [1.54, 1.807) is 24.4 Å². The van der Waals surface area contributed by atoms with Gasteiger partial charge in [0.05, 0.1) is 34.9 Å². The zero-order chi connectivity index (χ0) is 26.7. The predicted octanol–water partition coefficient (Wildman–Crippen LogP) is 4.23. The summed E-state index contributed by atoms with van der Waals surface area (Å²) < 4.78 is 34.4. The normalized spacial score (nSPS) is 14.2. The van der Waals surface area contributed by atoms with Gasteiger partial charge in [-0.15, -0.1) is 0 Å². The van der Waals surface area contributed by atoms with Gasteiger partial charge in [0.1, 0.15) is 6.07 Å². The largest absolute Gasteiger partial charge is 0.379 e. The van der Waals surface area contributed by atoms with Crippen LogP contribution in [0.3, 0.4) is 0 Å². The van der Waals surface area contributed by atoms with Crippen LogP contribution in [0.5, 0.6) is 0 Å². The number of hydrogen-bond acceptors (Lipinski definition) is 6. The molecular formula is C28H27N5O4S. The first-order chi connectivity index (χ1) is 18.3. The molecule has 0 unspecified atom stereocenters. The second-order valence-corrected chi connectivity index (χ2v) is 10.8. The Morgan fingerprint density at radius 1 is 1.11 bits per heavy atom. The number of benzene rings is 3. The Labute approximate surface area is 221 Å². The number of hydrogen-bond donors (Lipinski definition) is 3. The van der Waals surface area contributed by atoms with Crippen LogP contribution >= 0.6 is 0 Å². The maximum Gasteiger partial charge on any atom is 0.261 e. The molecule has 1 aromatic heterocycles. The lowest BCUT2D eigenvalue weighted by Gasteiger charge is -2.26. The van der Waals surface area contributed by atoms with Gasteiger partial charge in [-0.3, -0.25) is 14.4 Å². The highest BCUT2D eigenvalue weighted by Gasteiger charge is 2.20. The quantitative estimate of drug-likeness (QED) is 0.329. The van der Waals surface area contributed by atoms with Gasteiger partial charge in [-0.1, -0.05) is 24.3 Å². The van der Waals surface area contributed by atoms with E-state index in [0.29, 0.717) is 27.8 Å². The summed E-state index contributed by atoms with van der Waals surface area (Å²) in [6, 6.07) is 19.0. The zero-order valence-corrected chi connectivity index (χ0v) is 21.6. The molecule has 1 aliphatic heterocycles. The van der Waals surface area contributed by atoms with Crippen molar-refractivity contribution in [3.8, 4) is 6.07 Å². The van der Waals surface area contributed by atoms with Crippen LogP contribution in [0.2, 0.25) is 0 Å². The van der Waals surface area contributed by atoms with E-state index in [2.05, 4.69) is 26.0 Å². The Balaban J connectivity index is 1.30. The molecule has 1 aliphatic rings. The molecule has 4 aromatic rings. The number of carbonyl (C=O) groups is 1. The van der Waals surface area contributed by atoms with Crippen LogP contribution in [0.1, 0.15) is 27.0 Å². The van der Waals surface area contributed by atoms with E-state index < -0.39 is 15.9 Å². The van der Waals surface area contributed by atoms with E-state index in [0.717, 1.165) is 44.0 Å². The number of rotatable bonds is 7. The van der Waals surface area contributed by atoms with Gasteiger partial charge in [-0.25, -0.2) is 8.42 Å². The average molecular weight is 530 g/mol. The number of anilines is 2. The minimum atomic E-state index is -4.01. The molecule has 0 saturated carbocycles. The van der Waals surface area contributed by atoms with Crippen molar-refractivity contribution in [1.82, 2.24) is 9.88 Å². The summed E-state index contributed by atoms with van der Waals surface area (Å²) in [6.07, 6.45) is 1.55. The Morgan fingerprint density at radius 3 is 2.61 bits per heavy atom. The number of morpholine rings is 1. The molecule has 0 radical (unpaired) electrons. The average Bonchev–Trinajstić information content (AvgIpc) is 3.38. The van der Waals surface area contributed by atoms with E-state index in [1.165, 1.54) is 18.2 Å². The van der Waals surface area contributed by atoms with Crippen molar-refractivity contribution < 1.29 is 17.9 Å². The van der Waals surface area contributed by atoms with Crippen molar-refractivity contribution in [3.05, 3.63) is 89.1 Å². The Kier molecular flexibility index (Phi) is 7.15. The minimum Gasteiger partial charge on any atom is -0.379 e. The van der Waals surface area contributed by atoms with E-state index in [9.17, 15) is 18.5 Å². The maximum absolute atomic E-state index is 13.2. The van der Waals surface area contributed by atoms with Gasteiger partial charge in [0.2, 0.25) is 0 Å². The molecule has 3 aromatic carbocycles. The van der Waals surface area contributed by atoms with Crippen molar-refractivity contribution in [1.29, 1.82) is 5.26 Å². The molecule has 2 heterocycles. The van der Waals surface area contributed by atoms with Gasteiger partial charge in [0.25, 0.3) is 15.9 Å². The van der Waals surface area contributed by atoms with Crippen LogP contribution in [-0.2, 0) is 21.3 Å². The number of aromatic nitrogens is 1. The molecular weight excluding hydrogens is 502 g/mol. The molecule has 3 N–H and O–H groups in total. The van der Waals surface area contributed by atoms with Gasteiger partial charge in [0.15, 0.2) is 0 Å². The third-order valence-electron chi connectivity index (χ3n) is 6.54. The topological polar surface area (TPSA) is 127 Å². The zero-order valence-electron chi connectivity index (χ0n) is 20.8. The van der Waals surface area contributed by atoms with Gasteiger partial charge in [0, 0.05) is 42.5 Å². The van der Waals surface area contributed by atoms with Gasteiger partial charge in [-0.05, 0) is 54.4 Å². The summed E-state index contributed by atoms with van der Waals surface area (Å²) >= 11 is 0. The van der Waals surface area contributed by atoms with E-state index in [-0.39, 0.29) is 10.5 Å². The summed E-state index contributed by atoms with van der Waals surface area (Å²) in [5.41, 5.74) is 4.11. The number of sulfonamides is 1. The summed E-state index contributed by atoms with van der Waals surface area (Å²) in [5, 5.41) is 12.9. The lowest BCUT2D eigenvalue weighted by molar-refractivity contribution is 0.0342. The number of nitrogens with zero attached hydrogens (tertiary/aromatic N) is 2. The van der Waals surface area contributed by atoms with Gasteiger partial charge in [-0.2, -0.15) is 5.26 Å². The van der Waals surface area contributed by atoms with E-state index in [4.69, 9.17) is 4.74 Å². The molecule has 0 spiro atoms. The summed E-state index contributed by atoms with van der Waals surface area (Å²) in [4.78, 5) is 18.2. The van der Waals surface area contributed by atoms with Crippen molar-refractivity contribution in [3.63, 3.8) is 0 Å². The minimum absolute atomic E-state index is 0.0493. The van der Waals surface area contributed by atoms with Gasteiger partial charge >= 0.3 is 0 Å². The molecule has 1 fully saturated rings. The number of H-pyrrole nitrogens is 1. The number of amides is 1. The van der Waals surface area contributed by atoms with E-state index >= 15 is 0 Å². The van der Waals surface area contributed by atoms with Crippen molar-refractivity contribution >= 4 is 38.2 Å². The molecule has 38 heavy (non-hydrogen) atoms. The molecule has 194 valence electrons. The maximum atomic E-state index is 13.2. The van der Waals surface area contributed by atoms with Crippen LogP contribution in [-0.4, -0.2) is 50.5 Å². The van der Waals surface area contributed by atoms with Crippen LogP contribution in [0, 0.1) is 18.3 Å². The highest BCUT2D eigenvalue weighted by Crippen LogP contribution is 2.30. The van der Waals surface area contributed by atoms with Crippen LogP contribution in [0.25, 0.3) is 10.9 Å². The fourth-order valence-electron chi connectivity index (χ4n) is 4.52. The van der Waals surface area contributed by atoms with Crippen molar-refractivity contribution in [2.45, 2.75) is 18.4 Å². The summed E-state index contributed by atoms with van der Waals surface area (Å²) in [7, 11) is -4.01. The Bertz CT molecular complexity index is 1630. The first kappa shape index (κ1) is 25.5. The second kappa shape index (κ2) is 10.7. The summed E-state index contributed by atoms with van der Waals surface area (Å²) in [5.74, 6) is -0.413. The molecule has 9 nitrogen and oxygen atoms in total. The number of ether oxygens (including phenoxy) is 1. The molecule has 10 heteroatoms. The van der Waals surface area contributed by atoms with Crippen molar-refractivity contribution in [2.75, 3.05) is 36.3 Å². The molecule has 0 bridgehead atoms. The predicted molar refractivity (Wildman–Crippen MR) is 145 cm³/mol. The SMILES string of the molecule is Cc1ccc(NS(=O)(=O)c2cccc(C(=O)Nc3ccc(CN4CCOCC4)cc3)c2)c2[nH]cc(C#N)c12. The lowest BCUT2D eigenvalue weighted by atomic mass is 10.1. The molecule has 0 atom stereocenters. The summed E-state index contributed by atoms with van der Waals surface area (Å²) in [6.45, 7) is 5.94. The number of fused-ring (bicyclic) bond motifs is 1. The van der Waals surface area contributed by atoms with Crippen LogP contribution < -0.4 is 10.0 Å². The van der Waals surface area contributed by atoms with E-state index in [1.807, 2.05) is 31.2 Å². The number of aryl methyl sites for hydroxylation is 1. The molecule has 0 aliphatic carbocycles. The first-order valence-electron chi connectivity index (χ1n) is 12.2. The van der Waals surface area contributed by atoms with Crippen molar-refractivity contribution in [2.24, 2.45) is 0 Å². The fraction of sp³-hybridized carbons (Fsp3) is 0.214. The highest BCUT2D eigenvalue weighted by atomic mass is 32.2. The lowest BCUT2D eigenvalue weighted by Crippen LogP contribution is -2.35. The van der Waals surface area contributed by atoms with Crippen LogP contribution in [0.4, 0.5) is 11.4 Å². The second-order valence-electron chi connectivity index (χ2n) is 9.17. The number of nitrogens with one attached hydrogen (secondary N) is 3. The third-order valence-corrected chi connectivity index (χ3v) is 7.90. The number of aromatic amines is 1. The Morgan fingerprint density at radius 2 is 1.87 bits per heavy atom. The first-order valence-corrected chi connectivity index (χ1v) is 13.7. The monoisotopic (exact) mass is 529 g/mol. The highest BCUT2D eigenvalue weighted by molar-refractivity contribution is 7.92. The number of nitriles is 1. The van der Waals surface area contributed by atoms with Gasteiger partial charge < -0.3 is 15.0 Å². The Hall–Kier alpha value is -4.17. The molecule has 1 saturated heterocycles. The molecule has 1 amide bonds. The number of carbonyl (C=O) groups excluding carboxylic acids is 1. The molecule has 5 rings (SSSR count). The third kappa shape index (κ3) is 5.40. The standard InChI is InChI=1S/C28H27N5O4S/c1-19-5-10-25(27-26(19)22(16-29)17-30-27)32-38(35,36)24-4-2-3-21(15-24)28(34)31-23-8-6-20(7-9-23)18-33-11-13-37-14-12-33/h2-10,15,17,30,32H,11-14,18H2,1H3,(H,31,34). The fourth-order valence-corrected chi connectivity index (χ4v) is 5.63. The van der Waals surface area contributed by atoms with Crippen LogP contribution in [0.15, 0.2) is 71.8 Å². The smallest absolute Gasteiger partial charge is 0.261 e.